The monoisotopic (exact) mass is 273 g/mol. The zero-order valence-corrected chi connectivity index (χ0v) is 12.3. The summed E-state index contributed by atoms with van der Waals surface area (Å²) in [6.45, 7) is 6.81. The van der Waals surface area contributed by atoms with Crippen LogP contribution >= 0.6 is 0 Å². The van der Waals surface area contributed by atoms with E-state index in [1.165, 1.54) is 0 Å². The molecule has 0 unspecified atom stereocenters. The molecule has 0 aliphatic rings. The molecule has 0 bridgehead atoms. The van der Waals surface area contributed by atoms with E-state index >= 15 is 0 Å². The molecule has 0 amide bonds. The smallest absolute Gasteiger partial charge is 0.134 e. The molecule has 20 heavy (non-hydrogen) atoms. The molecule has 0 atom stereocenters. The van der Waals surface area contributed by atoms with E-state index in [0.29, 0.717) is 0 Å². The topological polar surface area (TPSA) is 34.4 Å². The van der Waals surface area contributed by atoms with E-state index in [0.717, 1.165) is 55.4 Å². The van der Waals surface area contributed by atoms with E-state index in [2.05, 4.69) is 19.2 Å². The number of benzene rings is 1. The third-order valence-electron chi connectivity index (χ3n) is 3.00. The van der Waals surface area contributed by atoms with Gasteiger partial charge in [-0.15, -0.1) is 0 Å². The Morgan fingerprint density at radius 2 is 1.80 bits per heavy atom. The van der Waals surface area contributed by atoms with Crippen molar-refractivity contribution in [2.24, 2.45) is 0 Å². The number of hydrogen-bond donors (Lipinski definition) is 1. The third kappa shape index (κ3) is 4.14. The Morgan fingerprint density at radius 3 is 2.50 bits per heavy atom. The van der Waals surface area contributed by atoms with Gasteiger partial charge >= 0.3 is 0 Å². The summed E-state index contributed by atoms with van der Waals surface area (Å²) >= 11 is 0. The second-order valence-corrected chi connectivity index (χ2v) is 4.82. The molecular weight excluding hydrogens is 250 g/mol. The molecule has 1 heterocycles. The number of ether oxygens (including phenoxy) is 1. The molecule has 1 aromatic carbocycles. The first-order valence-corrected chi connectivity index (χ1v) is 7.36. The predicted octanol–water partition coefficient (Wildman–Crippen LogP) is 4.24. The predicted molar refractivity (Wildman–Crippen MR) is 81.9 cm³/mol. The maximum Gasteiger partial charge on any atom is 0.134 e. The highest BCUT2D eigenvalue weighted by atomic mass is 16.5. The Hall–Kier alpha value is -1.74. The summed E-state index contributed by atoms with van der Waals surface area (Å²) in [5.41, 5.74) is 1.08. The lowest BCUT2D eigenvalue weighted by Crippen LogP contribution is -2.12. The Labute approximate surface area is 121 Å². The second kappa shape index (κ2) is 7.75. The summed E-state index contributed by atoms with van der Waals surface area (Å²) in [4.78, 5) is 0. The highest BCUT2D eigenvalue weighted by Crippen LogP contribution is 2.24. The van der Waals surface area contributed by atoms with Crippen LogP contribution in [0.2, 0.25) is 0 Å². The van der Waals surface area contributed by atoms with Crippen molar-refractivity contribution >= 4 is 0 Å². The minimum atomic E-state index is 0.757. The summed E-state index contributed by atoms with van der Waals surface area (Å²) in [5.74, 6) is 2.78. The van der Waals surface area contributed by atoms with Gasteiger partial charge in [0.2, 0.25) is 0 Å². The van der Waals surface area contributed by atoms with Crippen LogP contribution in [0.4, 0.5) is 0 Å². The third-order valence-corrected chi connectivity index (χ3v) is 3.00. The van der Waals surface area contributed by atoms with Crippen LogP contribution < -0.4 is 10.1 Å². The maximum atomic E-state index is 5.83. The van der Waals surface area contributed by atoms with Gasteiger partial charge in [-0.2, -0.15) is 0 Å². The Morgan fingerprint density at radius 1 is 1.00 bits per heavy atom. The highest BCUT2D eigenvalue weighted by Gasteiger charge is 2.04. The molecule has 0 saturated heterocycles. The first-order chi connectivity index (χ1) is 9.83. The molecule has 3 heteroatoms. The van der Waals surface area contributed by atoms with E-state index in [9.17, 15) is 0 Å². The molecule has 1 N–H and O–H groups in total. The van der Waals surface area contributed by atoms with Gasteiger partial charge in [0.15, 0.2) is 0 Å². The molecule has 3 nitrogen and oxygen atoms in total. The Kier molecular flexibility index (Phi) is 5.69. The first kappa shape index (κ1) is 14.7. The van der Waals surface area contributed by atoms with Crippen molar-refractivity contribution in [2.75, 3.05) is 13.2 Å². The first-order valence-electron chi connectivity index (χ1n) is 7.36. The van der Waals surface area contributed by atoms with Gasteiger partial charge in [0.05, 0.1) is 13.2 Å². The fourth-order valence-electron chi connectivity index (χ4n) is 1.95. The van der Waals surface area contributed by atoms with Crippen LogP contribution in [0.15, 0.2) is 40.8 Å². The molecule has 1 aromatic heterocycles. The Balaban J connectivity index is 1.97. The van der Waals surface area contributed by atoms with Crippen LogP contribution in [-0.2, 0) is 6.54 Å². The van der Waals surface area contributed by atoms with Gasteiger partial charge in [-0.1, -0.05) is 13.8 Å². The van der Waals surface area contributed by atoms with E-state index in [1.54, 1.807) is 0 Å². The number of rotatable bonds is 8. The maximum absolute atomic E-state index is 5.83. The van der Waals surface area contributed by atoms with Crippen molar-refractivity contribution in [2.45, 2.75) is 33.2 Å². The Bertz CT molecular complexity index is 502. The molecule has 108 valence electrons. The molecular formula is C17H23NO2. The summed E-state index contributed by atoms with van der Waals surface area (Å²) in [6.07, 6.45) is 2.15. The van der Waals surface area contributed by atoms with Crippen LogP contribution in [0.25, 0.3) is 11.3 Å². The minimum absolute atomic E-state index is 0.757. The molecule has 0 radical (unpaired) electrons. The van der Waals surface area contributed by atoms with Gasteiger partial charge in [-0.3, -0.25) is 0 Å². The second-order valence-electron chi connectivity index (χ2n) is 4.82. The largest absolute Gasteiger partial charge is 0.494 e. The van der Waals surface area contributed by atoms with Gasteiger partial charge in [-0.25, -0.2) is 0 Å². The quantitative estimate of drug-likeness (QED) is 0.731. The van der Waals surface area contributed by atoms with Crippen LogP contribution in [0.3, 0.4) is 0 Å². The van der Waals surface area contributed by atoms with Gasteiger partial charge in [-0.05, 0) is 55.8 Å². The molecule has 0 aliphatic heterocycles. The molecule has 0 fully saturated rings. The number of furan rings is 1. The minimum Gasteiger partial charge on any atom is -0.494 e. The lowest BCUT2D eigenvalue weighted by Gasteiger charge is -2.04. The van der Waals surface area contributed by atoms with E-state index in [4.69, 9.17) is 9.15 Å². The zero-order valence-electron chi connectivity index (χ0n) is 12.3. The highest BCUT2D eigenvalue weighted by molar-refractivity contribution is 5.58. The van der Waals surface area contributed by atoms with Gasteiger partial charge in [0.1, 0.15) is 17.3 Å². The van der Waals surface area contributed by atoms with Gasteiger partial charge in [0.25, 0.3) is 0 Å². The lowest BCUT2D eigenvalue weighted by atomic mass is 10.2. The van der Waals surface area contributed by atoms with Crippen LogP contribution in [-0.4, -0.2) is 13.2 Å². The summed E-state index contributed by atoms with van der Waals surface area (Å²) in [7, 11) is 0. The SMILES string of the molecule is CCCNCc1ccc(-c2ccc(OCCC)cc2)o1. The van der Waals surface area contributed by atoms with Crippen molar-refractivity contribution in [1.29, 1.82) is 0 Å². The molecule has 2 rings (SSSR count). The van der Waals surface area contributed by atoms with Crippen molar-refractivity contribution in [3.05, 3.63) is 42.2 Å². The number of hydrogen-bond acceptors (Lipinski definition) is 3. The van der Waals surface area contributed by atoms with Crippen LogP contribution in [0, 0.1) is 0 Å². The van der Waals surface area contributed by atoms with E-state index in [-0.39, 0.29) is 0 Å². The summed E-state index contributed by atoms with van der Waals surface area (Å²) in [6, 6.07) is 12.1. The van der Waals surface area contributed by atoms with Crippen molar-refractivity contribution in [3.8, 4) is 17.1 Å². The average molecular weight is 273 g/mol. The molecule has 0 aliphatic carbocycles. The van der Waals surface area contributed by atoms with E-state index < -0.39 is 0 Å². The van der Waals surface area contributed by atoms with Crippen LogP contribution in [0.5, 0.6) is 5.75 Å². The van der Waals surface area contributed by atoms with Crippen LogP contribution in [0.1, 0.15) is 32.4 Å². The lowest BCUT2D eigenvalue weighted by molar-refractivity contribution is 0.317. The standard InChI is InChI=1S/C17H23NO2/c1-3-11-18-13-16-9-10-17(20-16)14-5-7-15(8-6-14)19-12-4-2/h5-10,18H,3-4,11-13H2,1-2H3. The number of nitrogens with one attached hydrogen (secondary N) is 1. The van der Waals surface area contributed by atoms with Crippen molar-refractivity contribution in [3.63, 3.8) is 0 Å². The summed E-state index contributed by atoms with van der Waals surface area (Å²) in [5, 5.41) is 3.33. The van der Waals surface area contributed by atoms with Gasteiger partial charge in [0, 0.05) is 5.56 Å². The fraction of sp³-hybridized carbons (Fsp3) is 0.412. The van der Waals surface area contributed by atoms with Crippen molar-refractivity contribution in [1.82, 2.24) is 5.32 Å². The van der Waals surface area contributed by atoms with Crippen molar-refractivity contribution < 1.29 is 9.15 Å². The average Bonchev–Trinajstić information content (AvgIpc) is 2.95. The van der Waals surface area contributed by atoms with E-state index in [1.807, 2.05) is 36.4 Å². The molecule has 0 saturated carbocycles. The summed E-state index contributed by atoms with van der Waals surface area (Å²) < 4.78 is 11.4. The molecule has 2 aromatic rings. The normalized spacial score (nSPS) is 10.7. The van der Waals surface area contributed by atoms with Gasteiger partial charge < -0.3 is 14.5 Å². The molecule has 0 spiro atoms. The zero-order chi connectivity index (χ0) is 14.2. The fourth-order valence-corrected chi connectivity index (χ4v) is 1.95.